The van der Waals surface area contributed by atoms with Crippen LogP contribution in [0.15, 0.2) is 31.8 Å². The van der Waals surface area contributed by atoms with Gasteiger partial charge in [0.25, 0.3) is 0 Å². The number of rotatable bonds is 2. The summed E-state index contributed by atoms with van der Waals surface area (Å²) >= 11 is 14.0. The highest BCUT2D eigenvalue weighted by Crippen LogP contribution is 2.37. The van der Waals surface area contributed by atoms with Crippen molar-refractivity contribution in [3.63, 3.8) is 0 Å². The molecule has 2 nitrogen and oxygen atoms in total. The van der Waals surface area contributed by atoms with Gasteiger partial charge in [-0.1, -0.05) is 11.6 Å². The molecule has 2 aromatic rings. The molecule has 0 aliphatic heterocycles. The highest BCUT2D eigenvalue weighted by molar-refractivity contribution is 9.10. The molecular formula is C9H6Br2ClNOS. The second-order valence-corrected chi connectivity index (χ2v) is 6.21. The van der Waals surface area contributed by atoms with Crippen molar-refractivity contribution >= 4 is 54.8 Å². The quantitative estimate of drug-likeness (QED) is 0.840. The first kappa shape index (κ1) is 11.7. The molecule has 0 saturated carbocycles. The normalized spacial score (nSPS) is 13.1. The maximum absolute atomic E-state index is 6.03. The predicted octanol–water partition coefficient (Wildman–Crippen LogP) is 4.57. The number of halogens is 3. The van der Waals surface area contributed by atoms with Gasteiger partial charge < -0.3 is 10.2 Å². The van der Waals surface area contributed by atoms with E-state index in [2.05, 4.69) is 31.9 Å². The summed E-state index contributed by atoms with van der Waals surface area (Å²) in [5, 5.41) is 0. The zero-order valence-electron chi connectivity index (χ0n) is 7.34. The van der Waals surface area contributed by atoms with Crippen molar-refractivity contribution in [1.82, 2.24) is 0 Å². The molecule has 2 heterocycles. The molecule has 80 valence electrons. The molecule has 0 amide bonds. The van der Waals surface area contributed by atoms with E-state index >= 15 is 0 Å². The fraction of sp³-hybridized carbons (Fsp3) is 0.111. The maximum atomic E-state index is 6.03. The third-order valence-corrected chi connectivity index (χ3v) is 4.86. The van der Waals surface area contributed by atoms with Gasteiger partial charge in [0.2, 0.25) is 0 Å². The van der Waals surface area contributed by atoms with E-state index in [-0.39, 0.29) is 6.04 Å². The topological polar surface area (TPSA) is 39.2 Å². The van der Waals surface area contributed by atoms with Crippen LogP contribution in [0.1, 0.15) is 16.7 Å². The molecule has 0 fully saturated rings. The van der Waals surface area contributed by atoms with E-state index in [1.54, 1.807) is 0 Å². The van der Waals surface area contributed by atoms with Crippen LogP contribution in [0.3, 0.4) is 0 Å². The van der Waals surface area contributed by atoms with E-state index in [0.29, 0.717) is 14.8 Å². The van der Waals surface area contributed by atoms with Gasteiger partial charge in [-0.2, -0.15) is 0 Å². The van der Waals surface area contributed by atoms with Crippen LogP contribution in [0.4, 0.5) is 0 Å². The Morgan fingerprint density at radius 3 is 2.60 bits per heavy atom. The number of hydrogen-bond donors (Lipinski definition) is 1. The van der Waals surface area contributed by atoms with Gasteiger partial charge in [0.05, 0.1) is 6.04 Å². The Balaban J connectivity index is 2.31. The summed E-state index contributed by atoms with van der Waals surface area (Å²) in [4.78, 5) is 0.966. The minimum absolute atomic E-state index is 0.273. The monoisotopic (exact) mass is 369 g/mol. The van der Waals surface area contributed by atoms with Crippen LogP contribution < -0.4 is 5.73 Å². The predicted molar refractivity (Wildman–Crippen MR) is 69.5 cm³/mol. The van der Waals surface area contributed by atoms with Crippen LogP contribution in [0.25, 0.3) is 0 Å². The molecule has 6 heteroatoms. The molecule has 0 bridgehead atoms. The summed E-state index contributed by atoms with van der Waals surface area (Å²) in [5.41, 5.74) is 6.03. The van der Waals surface area contributed by atoms with E-state index in [4.69, 9.17) is 21.8 Å². The second-order valence-electron chi connectivity index (χ2n) is 2.89. The summed E-state index contributed by atoms with van der Waals surface area (Å²) in [6.45, 7) is 0. The lowest BCUT2D eigenvalue weighted by atomic mass is 10.2. The Labute approximate surface area is 113 Å². The Hall–Kier alpha value is 0.190. The smallest absolute Gasteiger partial charge is 0.169 e. The molecule has 0 aliphatic rings. The van der Waals surface area contributed by atoms with Gasteiger partial charge in [-0.15, -0.1) is 11.3 Å². The third-order valence-electron chi connectivity index (χ3n) is 1.87. The Morgan fingerprint density at radius 1 is 1.40 bits per heavy atom. The average molecular weight is 371 g/mol. The van der Waals surface area contributed by atoms with Crippen molar-refractivity contribution in [2.75, 3.05) is 0 Å². The molecule has 15 heavy (non-hydrogen) atoms. The molecule has 2 N–H and O–H groups in total. The van der Waals surface area contributed by atoms with Gasteiger partial charge in [-0.25, -0.2) is 0 Å². The highest BCUT2D eigenvalue weighted by Gasteiger charge is 2.16. The van der Waals surface area contributed by atoms with Gasteiger partial charge >= 0.3 is 0 Å². The second kappa shape index (κ2) is 4.59. The summed E-state index contributed by atoms with van der Waals surface area (Å²) in [6.07, 6.45) is 0. The Bertz CT molecular complexity index is 463. The lowest BCUT2D eigenvalue weighted by Crippen LogP contribution is -2.08. The van der Waals surface area contributed by atoms with E-state index < -0.39 is 0 Å². The van der Waals surface area contributed by atoms with Crippen molar-refractivity contribution in [3.8, 4) is 0 Å². The number of nitrogens with two attached hydrogens (primary N) is 1. The van der Waals surface area contributed by atoms with E-state index in [0.717, 1.165) is 9.35 Å². The van der Waals surface area contributed by atoms with Crippen molar-refractivity contribution in [2.24, 2.45) is 5.73 Å². The first-order valence-corrected chi connectivity index (χ1v) is 6.81. The molecule has 0 aromatic carbocycles. The van der Waals surface area contributed by atoms with Crippen molar-refractivity contribution in [2.45, 2.75) is 6.04 Å². The van der Waals surface area contributed by atoms with Crippen LogP contribution in [0, 0.1) is 0 Å². The van der Waals surface area contributed by atoms with Gasteiger partial charge in [-0.3, -0.25) is 0 Å². The maximum Gasteiger partial charge on any atom is 0.169 e. The van der Waals surface area contributed by atoms with Crippen LogP contribution in [0.2, 0.25) is 4.34 Å². The first-order chi connectivity index (χ1) is 7.08. The number of thiophene rings is 1. The Kier molecular flexibility index (Phi) is 3.57. The zero-order valence-corrected chi connectivity index (χ0v) is 12.1. The van der Waals surface area contributed by atoms with Gasteiger partial charge in [0.15, 0.2) is 4.67 Å². The fourth-order valence-corrected chi connectivity index (χ4v) is 3.22. The molecule has 0 aliphatic carbocycles. The van der Waals surface area contributed by atoms with Gasteiger partial charge in [0, 0.05) is 9.35 Å². The van der Waals surface area contributed by atoms with Crippen LogP contribution >= 0.6 is 54.8 Å². The van der Waals surface area contributed by atoms with Gasteiger partial charge in [-0.05, 0) is 50.1 Å². The van der Waals surface area contributed by atoms with Gasteiger partial charge in [0.1, 0.15) is 10.1 Å². The lowest BCUT2D eigenvalue weighted by molar-refractivity contribution is 0.472. The summed E-state index contributed by atoms with van der Waals surface area (Å²) in [6, 6.07) is 5.30. The molecule has 2 aromatic heterocycles. The SMILES string of the molecule is NC(c1ccc(Br)o1)c1cc(Br)c(Cl)s1. The van der Waals surface area contributed by atoms with Crippen LogP contribution in [-0.2, 0) is 0 Å². The average Bonchev–Trinajstić information content (AvgIpc) is 2.74. The van der Waals surface area contributed by atoms with E-state index in [9.17, 15) is 0 Å². The van der Waals surface area contributed by atoms with Crippen LogP contribution in [-0.4, -0.2) is 0 Å². The molecule has 0 spiro atoms. The van der Waals surface area contributed by atoms with Crippen LogP contribution in [0.5, 0.6) is 0 Å². The summed E-state index contributed by atoms with van der Waals surface area (Å²) < 4.78 is 7.63. The van der Waals surface area contributed by atoms with E-state index in [1.807, 2.05) is 18.2 Å². The fourth-order valence-electron chi connectivity index (χ4n) is 1.15. The molecule has 1 atom stereocenters. The molecule has 0 radical (unpaired) electrons. The summed E-state index contributed by atoms with van der Waals surface area (Å²) in [5.74, 6) is 0.715. The number of hydrogen-bond acceptors (Lipinski definition) is 3. The minimum atomic E-state index is -0.273. The lowest BCUT2D eigenvalue weighted by Gasteiger charge is -2.04. The number of furan rings is 1. The summed E-state index contributed by atoms with van der Waals surface area (Å²) in [7, 11) is 0. The third kappa shape index (κ3) is 2.47. The molecule has 0 saturated heterocycles. The Morgan fingerprint density at radius 2 is 2.13 bits per heavy atom. The first-order valence-electron chi connectivity index (χ1n) is 4.03. The minimum Gasteiger partial charge on any atom is -0.452 e. The van der Waals surface area contributed by atoms with E-state index in [1.165, 1.54) is 11.3 Å². The largest absolute Gasteiger partial charge is 0.452 e. The molecule has 1 unspecified atom stereocenters. The van der Waals surface area contributed by atoms with Crippen molar-refractivity contribution in [3.05, 3.63) is 42.3 Å². The zero-order chi connectivity index (χ0) is 11.0. The standard InChI is InChI=1S/C9H6Br2ClNOS/c10-4-3-6(15-9(4)12)8(13)5-1-2-7(11)14-5/h1-3,8H,13H2. The molecular weight excluding hydrogens is 365 g/mol. The highest BCUT2D eigenvalue weighted by atomic mass is 79.9. The molecule has 2 rings (SSSR count). The van der Waals surface area contributed by atoms with Crippen molar-refractivity contribution < 1.29 is 4.42 Å². The van der Waals surface area contributed by atoms with Crippen molar-refractivity contribution in [1.29, 1.82) is 0 Å².